The lowest BCUT2D eigenvalue weighted by Gasteiger charge is -2.24. The Morgan fingerprint density at radius 1 is 1.18 bits per heavy atom. The average molecular weight is 156 g/mol. The highest BCUT2D eigenvalue weighted by Crippen LogP contribution is 2.12. The second kappa shape index (κ2) is 3.55. The number of rotatable bonds is 2. The fraction of sp³-hybridized carbons (Fsp3) is 1.00. The van der Waals surface area contributed by atoms with Gasteiger partial charge in [0.1, 0.15) is 0 Å². The highest BCUT2D eigenvalue weighted by molar-refractivity contribution is 4.67. The standard InChI is InChI=1S/C9H20N2/c1-9(2,3)8-10-11-6-4-5-7-11/h10H,4-8H2,1-3H3. The molecule has 0 saturated carbocycles. The van der Waals surface area contributed by atoms with Crippen LogP contribution in [0.2, 0.25) is 0 Å². The van der Waals surface area contributed by atoms with E-state index in [0.717, 1.165) is 6.54 Å². The molecule has 1 aliphatic heterocycles. The van der Waals surface area contributed by atoms with Gasteiger partial charge in [0.05, 0.1) is 0 Å². The van der Waals surface area contributed by atoms with E-state index < -0.39 is 0 Å². The normalized spacial score (nSPS) is 21.0. The van der Waals surface area contributed by atoms with Gasteiger partial charge in [-0.2, -0.15) is 0 Å². The number of nitrogens with zero attached hydrogens (tertiary/aromatic N) is 1. The fourth-order valence-electron chi connectivity index (χ4n) is 1.22. The molecular formula is C9H20N2. The predicted molar refractivity (Wildman–Crippen MR) is 48.3 cm³/mol. The van der Waals surface area contributed by atoms with Crippen LogP contribution >= 0.6 is 0 Å². The van der Waals surface area contributed by atoms with Gasteiger partial charge in [-0.05, 0) is 18.3 Å². The zero-order chi connectivity index (χ0) is 8.32. The third-order valence-corrected chi connectivity index (χ3v) is 1.94. The molecule has 0 unspecified atom stereocenters. The highest BCUT2D eigenvalue weighted by Gasteiger charge is 2.14. The largest absolute Gasteiger partial charge is 0.255 e. The van der Waals surface area contributed by atoms with Crippen LogP contribution in [0.25, 0.3) is 0 Å². The summed E-state index contributed by atoms with van der Waals surface area (Å²) in [6.07, 6.45) is 2.72. The fourth-order valence-corrected chi connectivity index (χ4v) is 1.22. The first-order valence-electron chi connectivity index (χ1n) is 4.56. The summed E-state index contributed by atoms with van der Waals surface area (Å²) in [7, 11) is 0. The number of hydrazine groups is 1. The van der Waals surface area contributed by atoms with Crippen LogP contribution in [0.15, 0.2) is 0 Å². The minimum atomic E-state index is 0.405. The lowest BCUT2D eigenvalue weighted by molar-refractivity contribution is 0.193. The Kier molecular flexibility index (Phi) is 2.90. The summed E-state index contributed by atoms with van der Waals surface area (Å²) < 4.78 is 0. The smallest absolute Gasteiger partial charge is 0.0151 e. The topological polar surface area (TPSA) is 15.3 Å². The monoisotopic (exact) mass is 156 g/mol. The Balaban J connectivity index is 2.11. The Morgan fingerprint density at radius 3 is 2.18 bits per heavy atom. The van der Waals surface area contributed by atoms with Crippen molar-refractivity contribution in [2.45, 2.75) is 33.6 Å². The van der Waals surface area contributed by atoms with E-state index in [1.807, 2.05) is 0 Å². The lowest BCUT2D eigenvalue weighted by Crippen LogP contribution is -2.40. The number of hydrogen-bond acceptors (Lipinski definition) is 2. The molecule has 0 spiro atoms. The Morgan fingerprint density at radius 2 is 1.73 bits per heavy atom. The van der Waals surface area contributed by atoms with Crippen LogP contribution in [-0.4, -0.2) is 24.6 Å². The molecule has 0 aromatic heterocycles. The molecule has 1 saturated heterocycles. The van der Waals surface area contributed by atoms with Crippen LogP contribution in [0.5, 0.6) is 0 Å². The third-order valence-electron chi connectivity index (χ3n) is 1.94. The van der Waals surface area contributed by atoms with Gasteiger partial charge in [0, 0.05) is 19.6 Å². The molecule has 66 valence electrons. The number of hydrogen-bond donors (Lipinski definition) is 1. The zero-order valence-electron chi connectivity index (χ0n) is 7.98. The molecule has 0 aromatic carbocycles. The van der Waals surface area contributed by atoms with Crippen LogP contribution in [-0.2, 0) is 0 Å². The maximum absolute atomic E-state index is 3.45. The first-order chi connectivity index (χ1) is 5.08. The van der Waals surface area contributed by atoms with Crippen molar-refractivity contribution in [2.75, 3.05) is 19.6 Å². The van der Waals surface area contributed by atoms with Gasteiger partial charge in [0.25, 0.3) is 0 Å². The maximum Gasteiger partial charge on any atom is 0.0151 e. The zero-order valence-corrected chi connectivity index (χ0v) is 7.98. The predicted octanol–water partition coefficient (Wildman–Crippen LogP) is 1.63. The summed E-state index contributed by atoms with van der Waals surface area (Å²) in [5.74, 6) is 0. The summed E-state index contributed by atoms with van der Waals surface area (Å²) in [4.78, 5) is 0. The van der Waals surface area contributed by atoms with E-state index in [9.17, 15) is 0 Å². The molecule has 11 heavy (non-hydrogen) atoms. The van der Waals surface area contributed by atoms with E-state index in [1.165, 1.54) is 25.9 Å². The van der Waals surface area contributed by atoms with Crippen molar-refractivity contribution in [3.8, 4) is 0 Å². The molecule has 0 bridgehead atoms. The van der Waals surface area contributed by atoms with E-state index in [0.29, 0.717) is 5.41 Å². The van der Waals surface area contributed by atoms with Crippen LogP contribution in [0.1, 0.15) is 33.6 Å². The van der Waals surface area contributed by atoms with Gasteiger partial charge in [0.2, 0.25) is 0 Å². The molecule has 0 atom stereocenters. The van der Waals surface area contributed by atoms with Crippen molar-refractivity contribution in [1.29, 1.82) is 0 Å². The van der Waals surface area contributed by atoms with Crippen molar-refractivity contribution in [3.63, 3.8) is 0 Å². The van der Waals surface area contributed by atoms with Crippen LogP contribution < -0.4 is 5.43 Å². The molecule has 1 fully saturated rings. The summed E-state index contributed by atoms with van der Waals surface area (Å²) in [5.41, 5.74) is 3.86. The van der Waals surface area contributed by atoms with Crippen molar-refractivity contribution in [3.05, 3.63) is 0 Å². The quantitative estimate of drug-likeness (QED) is 0.653. The number of nitrogens with one attached hydrogen (secondary N) is 1. The molecule has 1 aliphatic rings. The molecule has 1 heterocycles. The molecule has 1 N–H and O–H groups in total. The maximum atomic E-state index is 3.45. The van der Waals surface area contributed by atoms with Crippen molar-refractivity contribution >= 4 is 0 Å². The van der Waals surface area contributed by atoms with Crippen molar-refractivity contribution in [2.24, 2.45) is 5.41 Å². The van der Waals surface area contributed by atoms with Gasteiger partial charge in [-0.15, -0.1) is 0 Å². The molecule has 2 nitrogen and oxygen atoms in total. The van der Waals surface area contributed by atoms with Crippen LogP contribution in [0.3, 0.4) is 0 Å². The average Bonchev–Trinajstić information content (AvgIpc) is 2.32. The molecule has 1 rings (SSSR count). The summed E-state index contributed by atoms with van der Waals surface area (Å²) in [6.45, 7) is 10.3. The molecule has 0 amide bonds. The second-order valence-corrected chi connectivity index (χ2v) is 4.59. The third kappa shape index (κ3) is 3.73. The van der Waals surface area contributed by atoms with Crippen molar-refractivity contribution < 1.29 is 0 Å². The molecule has 0 radical (unpaired) electrons. The summed E-state index contributed by atoms with van der Waals surface area (Å²) in [6, 6.07) is 0. The molecule has 0 aliphatic carbocycles. The Bertz CT molecular complexity index is 109. The van der Waals surface area contributed by atoms with E-state index in [1.54, 1.807) is 0 Å². The highest BCUT2D eigenvalue weighted by atomic mass is 15.5. The first kappa shape index (κ1) is 9.01. The minimum Gasteiger partial charge on any atom is -0.255 e. The summed E-state index contributed by atoms with van der Waals surface area (Å²) in [5, 5.41) is 2.34. The van der Waals surface area contributed by atoms with Crippen molar-refractivity contribution in [1.82, 2.24) is 10.4 Å². The van der Waals surface area contributed by atoms with Gasteiger partial charge < -0.3 is 0 Å². The van der Waals surface area contributed by atoms with E-state index in [2.05, 4.69) is 31.2 Å². The first-order valence-corrected chi connectivity index (χ1v) is 4.56. The summed E-state index contributed by atoms with van der Waals surface area (Å²) >= 11 is 0. The van der Waals surface area contributed by atoms with Crippen LogP contribution in [0, 0.1) is 5.41 Å². The van der Waals surface area contributed by atoms with E-state index in [4.69, 9.17) is 0 Å². The van der Waals surface area contributed by atoms with E-state index >= 15 is 0 Å². The van der Waals surface area contributed by atoms with Gasteiger partial charge in [-0.1, -0.05) is 20.8 Å². The molecule has 2 heteroatoms. The SMILES string of the molecule is CC(C)(C)CNN1CCCC1. The van der Waals surface area contributed by atoms with Gasteiger partial charge >= 0.3 is 0 Å². The second-order valence-electron chi connectivity index (χ2n) is 4.59. The van der Waals surface area contributed by atoms with Crippen LogP contribution in [0.4, 0.5) is 0 Å². The minimum absolute atomic E-state index is 0.405. The molecular weight excluding hydrogens is 136 g/mol. The van der Waals surface area contributed by atoms with Gasteiger partial charge in [-0.25, -0.2) is 5.01 Å². The van der Waals surface area contributed by atoms with E-state index in [-0.39, 0.29) is 0 Å². The Hall–Kier alpha value is -0.0800. The van der Waals surface area contributed by atoms with Gasteiger partial charge in [0.15, 0.2) is 0 Å². The Labute approximate surface area is 69.9 Å². The van der Waals surface area contributed by atoms with Gasteiger partial charge in [-0.3, -0.25) is 5.43 Å². The molecule has 0 aromatic rings. The lowest BCUT2D eigenvalue weighted by atomic mass is 9.97.